The van der Waals surface area contributed by atoms with Crippen LogP contribution in [0, 0.1) is 5.92 Å². The lowest BCUT2D eigenvalue weighted by atomic mass is 10.2. The third kappa shape index (κ3) is 3.78. The van der Waals surface area contributed by atoms with E-state index in [1.807, 2.05) is 18.8 Å². The van der Waals surface area contributed by atoms with E-state index in [0.29, 0.717) is 12.5 Å². The molecule has 4 N–H and O–H groups in total. The van der Waals surface area contributed by atoms with E-state index in [1.165, 1.54) is 0 Å². The summed E-state index contributed by atoms with van der Waals surface area (Å²) < 4.78 is 1.06. The van der Waals surface area contributed by atoms with Crippen LogP contribution in [0.3, 0.4) is 0 Å². The van der Waals surface area contributed by atoms with E-state index in [9.17, 15) is 14.4 Å². The number of H-pyrrole nitrogens is 1. The summed E-state index contributed by atoms with van der Waals surface area (Å²) in [5, 5.41) is 2.66. The number of hydrogen-bond donors (Lipinski definition) is 3. The quantitative estimate of drug-likeness (QED) is 0.619. The summed E-state index contributed by atoms with van der Waals surface area (Å²) in [5.74, 6) is 0.0311. The first-order valence-electron chi connectivity index (χ1n) is 5.26. The van der Waals surface area contributed by atoms with Crippen LogP contribution < -0.4 is 22.3 Å². The van der Waals surface area contributed by atoms with E-state index >= 15 is 0 Å². The van der Waals surface area contributed by atoms with Gasteiger partial charge in [-0.2, -0.15) is 0 Å². The highest BCUT2D eigenvalue weighted by Crippen LogP contribution is 1.89. The van der Waals surface area contributed by atoms with Gasteiger partial charge in [0.15, 0.2) is 0 Å². The minimum atomic E-state index is -0.649. The van der Waals surface area contributed by atoms with Crippen molar-refractivity contribution in [3.8, 4) is 0 Å². The molecule has 0 saturated carbocycles. The minimum Gasteiger partial charge on any atom is -0.393 e. The Labute approximate surface area is 97.6 Å². The molecule has 0 radical (unpaired) electrons. The summed E-state index contributed by atoms with van der Waals surface area (Å²) in [6.07, 6.45) is 1.16. The van der Waals surface area contributed by atoms with Gasteiger partial charge in [-0.05, 0) is 5.92 Å². The highest BCUT2D eigenvalue weighted by Gasteiger charge is 2.07. The molecule has 1 aromatic heterocycles. The number of nitrogens with two attached hydrogens (primary N) is 1. The molecule has 0 spiro atoms. The molecule has 0 aliphatic heterocycles. The molecule has 0 aromatic carbocycles. The first-order valence-corrected chi connectivity index (χ1v) is 5.26. The molecular formula is C10H16N4O3. The Hall–Kier alpha value is -2.05. The topological polar surface area (TPSA) is 110 Å². The molecule has 17 heavy (non-hydrogen) atoms. The molecule has 0 saturated heterocycles. The monoisotopic (exact) mass is 240 g/mol. The second-order valence-electron chi connectivity index (χ2n) is 4.17. The third-order valence-electron chi connectivity index (χ3n) is 2.06. The maximum absolute atomic E-state index is 11.5. The lowest BCUT2D eigenvalue weighted by Crippen LogP contribution is -2.37. The Morgan fingerprint density at radius 3 is 2.76 bits per heavy atom. The standard InChI is InChI=1S/C10H16N4O3/c1-6(2)3-12-8(15)5-14-4-7(11)9(16)13-10(14)17/h4,6H,3,5,11H2,1-2H3,(H,12,15)(H,13,16,17). The Balaban J connectivity index is 2.75. The summed E-state index contributed by atoms with van der Waals surface area (Å²) >= 11 is 0. The number of anilines is 1. The number of carbonyl (C=O) groups excluding carboxylic acids is 1. The molecule has 1 amide bonds. The third-order valence-corrected chi connectivity index (χ3v) is 2.06. The Morgan fingerprint density at radius 2 is 2.18 bits per heavy atom. The molecule has 0 aliphatic carbocycles. The van der Waals surface area contributed by atoms with E-state index in [1.54, 1.807) is 0 Å². The largest absolute Gasteiger partial charge is 0.393 e. The van der Waals surface area contributed by atoms with Gasteiger partial charge in [-0.25, -0.2) is 4.79 Å². The van der Waals surface area contributed by atoms with Crippen LogP contribution in [0.1, 0.15) is 13.8 Å². The van der Waals surface area contributed by atoms with Gasteiger partial charge in [-0.15, -0.1) is 0 Å². The van der Waals surface area contributed by atoms with E-state index < -0.39 is 11.2 Å². The molecule has 0 bridgehead atoms. The van der Waals surface area contributed by atoms with Crippen molar-refractivity contribution in [3.05, 3.63) is 27.0 Å². The minimum absolute atomic E-state index is 0.0961. The summed E-state index contributed by atoms with van der Waals surface area (Å²) in [4.78, 5) is 35.8. The summed E-state index contributed by atoms with van der Waals surface area (Å²) in [5.41, 5.74) is 3.96. The van der Waals surface area contributed by atoms with Crippen molar-refractivity contribution in [3.63, 3.8) is 0 Å². The average Bonchev–Trinajstić information content (AvgIpc) is 2.23. The van der Waals surface area contributed by atoms with Crippen LogP contribution in [-0.2, 0) is 11.3 Å². The fraction of sp³-hybridized carbons (Fsp3) is 0.500. The molecule has 0 atom stereocenters. The number of aromatic nitrogens is 2. The van der Waals surface area contributed by atoms with Gasteiger partial charge in [0, 0.05) is 12.7 Å². The fourth-order valence-corrected chi connectivity index (χ4v) is 1.17. The molecular weight excluding hydrogens is 224 g/mol. The summed E-state index contributed by atoms with van der Waals surface area (Å²) in [7, 11) is 0. The van der Waals surface area contributed by atoms with E-state index in [0.717, 1.165) is 10.8 Å². The molecule has 1 aromatic rings. The van der Waals surface area contributed by atoms with Crippen molar-refractivity contribution in [1.82, 2.24) is 14.9 Å². The van der Waals surface area contributed by atoms with Gasteiger partial charge in [0.05, 0.1) is 0 Å². The second kappa shape index (κ2) is 5.33. The maximum atomic E-state index is 11.5. The van der Waals surface area contributed by atoms with Crippen molar-refractivity contribution in [1.29, 1.82) is 0 Å². The molecule has 0 aliphatic rings. The zero-order valence-corrected chi connectivity index (χ0v) is 9.82. The Bertz CT molecular complexity index is 515. The summed E-state index contributed by atoms with van der Waals surface area (Å²) in [6.45, 7) is 4.30. The molecule has 7 nitrogen and oxygen atoms in total. The van der Waals surface area contributed by atoms with Crippen LogP contribution in [0.2, 0.25) is 0 Å². The van der Waals surface area contributed by atoms with Crippen LogP contribution in [0.15, 0.2) is 15.8 Å². The maximum Gasteiger partial charge on any atom is 0.328 e. The summed E-state index contributed by atoms with van der Waals surface area (Å²) in [6, 6.07) is 0. The number of carbonyl (C=O) groups is 1. The van der Waals surface area contributed by atoms with Gasteiger partial charge >= 0.3 is 5.69 Å². The smallest absolute Gasteiger partial charge is 0.328 e. The van der Waals surface area contributed by atoms with Crippen molar-refractivity contribution >= 4 is 11.6 Å². The Morgan fingerprint density at radius 1 is 1.53 bits per heavy atom. The molecule has 1 heterocycles. The number of amides is 1. The van der Waals surface area contributed by atoms with Gasteiger partial charge in [0.1, 0.15) is 12.2 Å². The van der Waals surface area contributed by atoms with Gasteiger partial charge in [-0.1, -0.05) is 13.8 Å². The van der Waals surface area contributed by atoms with Crippen LogP contribution in [0.4, 0.5) is 5.69 Å². The van der Waals surface area contributed by atoms with Gasteiger partial charge < -0.3 is 11.1 Å². The molecule has 94 valence electrons. The first-order chi connectivity index (χ1) is 7.90. The lowest BCUT2D eigenvalue weighted by Gasteiger charge is -2.09. The highest BCUT2D eigenvalue weighted by atomic mass is 16.2. The highest BCUT2D eigenvalue weighted by molar-refractivity contribution is 5.75. The normalized spacial score (nSPS) is 10.5. The van der Waals surface area contributed by atoms with Crippen molar-refractivity contribution in [2.45, 2.75) is 20.4 Å². The number of aromatic amines is 1. The molecule has 1 rings (SSSR count). The lowest BCUT2D eigenvalue weighted by molar-refractivity contribution is -0.121. The van der Waals surface area contributed by atoms with Crippen LogP contribution >= 0.6 is 0 Å². The number of nitrogens with zero attached hydrogens (tertiary/aromatic N) is 1. The predicted molar refractivity (Wildman–Crippen MR) is 63.6 cm³/mol. The van der Waals surface area contributed by atoms with Gasteiger partial charge in [0.2, 0.25) is 5.91 Å². The van der Waals surface area contributed by atoms with E-state index in [-0.39, 0.29) is 18.1 Å². The SMILES string of the molecule is CC(C)CNC(=O)Cn1cc(N)c(=O)[nH]c1=O. The first kappa shape index (κ1) is 13.0. The predicted octanol–water partition coefficient (Wildman–Crippen LogP) is -1.11. The molecule has 7 heteroatoms. The zero-order valence-electron chi connectivity index (χ0n) is 9.82. The van der Waals surface area contributed by atoms with Gasteiger partial charge in [0.25, 0.3) is 5.56 Å². The van der Waals surface area contributed by atoms with E-state index in [2.05, 4.69) is 5.32 Å². The van der Waals surface area contributed by atoms with Crippen LogP contribution in [-0.4, -0.2) is 22.0 Å². The second-order valence-corrected chi connectivity index (χ2v) is 4.17. The van der Waals surface area contributed by atoms with Crippen molar-refractivity contribution in [2.24, 2.45) is 5.92 Å². The molecule has 0 unspecified atom stereocenters. The molecule has 0 fully saturated rings. The number of nitrogen functional groups attached to an aromatic ring is 1. The van der Waals surface area contributed by atoms with E-state index in [4.69, 9.17) is 5.73 Å². The van der Waals surface area contributed by atoms with Crippen LogP contribution in [0.5, 0.6) is 0 Å². The number of nitrogens with one attached hydrogen (secondary N) is 2. The van der Waals surface area contributed by atoms with Crippen molar-refractivity contribution < 1.29 is 4.79 Å². The Kier molecular flexibility index (Phi) is 4.08. The van der Waals surface area contributed by atoms with Crippen LogP contribution in [0.25, 0.3) is 0 Å². The average molecular weight is 240 g/mol. The number of hydrogen-bond acceptors (Lipinski definition) is 4. The fourth-order valence-electron chi connectivity index (χ4n) is 1.17. The van der Waals surface area contributed by atoms with Crippen molar-refractivity contribution in [2.75, 3.05) is 12.3 Å². The number of rotatable bonds is 4. The zero-order chi connectivity index (χ0) is 13.0. The van der Waals surface area contributed by atoms with Gasteiger partial charge in [-0.3, -0.25) is 19.1 Å².